The van der Waals surface area contributed by atoms with E-state index in [0.29, 0.717) is 0 Å². The zero-order valence-electron chi connectivity index (χ0n) is 13.7. The number of hydrogen-bond donors (Lipinski definition) is 2. The number of aliphatic hydroxyl groups excluding tert-OH is 1. The van der Waals surface area contributed by atoms with Gasteiger partial charge in [0.1, 0.15) is 0 Å². The summed E-state index contributed by atoms with van der Waals surface area (Å²) in [5.41, 5.74) is -0.281. The van der Waals surface area contributed by atoms with E-state index in [2.05, 4.69) is 27.7 Å². The second kappa shape index (κ2) is 9.80. The van der Waals surface area contributed by atoms with E-state index >= 15 is 0 Å². The number of hydrogen-bond acceptors (Lipinski definition) is 2. The zero-order chi connectivity index (χ0) is 14.8. The van der Waals surface area contributed by atoms with Crippen molar-refractivity contribution in [2.45, 2.75) is 98.7 Å². The highest BCUT2D eigenvalue weighted by Gasteiger charge is 2.21. The lowest BCUT2D eigenvalue weighted by molar-refractivity contribution is 0.0371. The zero-order valence-corrected chi connectivity index (χ0v) is 13.7. The summed E-state index contributed by atoms with van der Waals surface area (Å²) in [6.07, 6.45) is 6.78. The Morgan fingerprint density at radius 3 is 1.67 bits per heavy atom. The van der Waals surface area contributed by atoms with Crippen LogP contribution < -0.4 is 0 Å². The molecule has 0 aliphatic carbocycles. The van der Waals surface area contributed by atoms with Gasteiger partial charge in [-0.05, 0) is 39.0 Å². The Bertz CT molecular complexity index is 161. The summed E-state index contributed by atoms with van der Waals surface area (Å²) in [5, 5.41) is 18.2. The van der Waals surface area contributed by atoms with Crippen molar-refractivity contribution >= 4 is 0 Å². The quantitative estimate of drug-likeness (QED) is 0.689. The van der Waals surface area contributed by atoms with E-state index in [1.165, 1.54) is 25.7 Å². The van der Waals surface area contributed by atoms with Crippen molar-refractivity contribution in [1.29, 1.82) is 0 Å². The molecule has 0 bridgehead atoms. The van der Waals surface area contributed by atoms with Crippen LogP contribution in [0.2, 0.25) is 0 Å². The molecule has 0 aliphatic heterocycles. The van der Waals surface area contributed by atoms with Gasteiger partial charge in [-0.15, -0.1) is 0 Å². The minimum atomic E-state index is -0.516. The SMILES string of the molecule is CC(C)(C)CC(C)(C)O.CCCCCCC(C)O. The topological polar surface area (TPSA) is 40.5 Å². The molecule has 0 aliphatic rings. The van der Waals surface area contributed by atoms with E-state index in [4.69, 9.17) is 5.11 Å². The van der Waals surface area contributed by atoms with Gasteiger partial charge in [0.2, 0.25) is 0 Å². The second-order valence-electron chi connectivity index (χ2n) is 7.25. The van der Waals surface area contributed by atoms with Crippen molar-refractivity contribution in [1.82, 2.24) is 0 Å². The van der Waals surface area contributed by atoms with Crippen LogP contribution in [0.5, 0.6) is 0 Å². The van der Waals surface area contributed by atoms with Crippen molar-refractivity contribution in [3.05, 3.63) is 0 Å². The maximum Gasteiger partial charge on any atom is 0.0596 e. The Kier molecular flexibility index (Phi) is 11.0. The standard InChI is InChI=1S/2C8H18O/c1-7(2,3)6-8(4,5)9;1-3-4-5-6-7-8(2)9/h9H,6H2,1-5H3;8-9H,3-7H2,1-2H3. The van der Waals surface area contributed by atoms with Crippen molar-refractivity contribution in [2.24, 2.45) is 5.41 Å². The van der Waals surface area contributed by atoms with Gasteiger partial charge in [0.15, 0.2) is 0 Å². The van der Waals surface area contributed by atoms with Crippen molar-refractivity contribution in [3.8, 4) is 0 Å². The number of unbranched alkanes of at least 4 members (excludes halogenated alkanes) is 3. The van der Waals surface area contributed by atoms with E-state index in [-0.39, 0.29) is 11.5 Å². The van der Waals surface area contributed by atoms with E-state index in [9.17, 15) is 5.11 Å². The first kappa shape index (κ1) is 20.2. The maximum absolute atomic E-state index is 9.35. The summed E-state index contributed by atoms with van der Waals surface area (Å²) < 4.78 is 0. The Labute approximate surface area is 115 Å². The molecule has 1 unspecified atom stereocenters. The fraction of sp³-hybridized carbons (Fsp3) is 1.00. The molecule has 18 heavy (non-hydrogen) atoms. The summed E-state index contributed by atoms with van der Waals surface area (Å²) in [6.45, 7) is 14.1. The van der Waals surface area contributed by atoms with Gasteiger partial charge in [0.05, 0.1) is 11.7 Å². The molecule has 0 amide bonds. The smallest absolute Gasteiger partial charge is 0.0596 e. The maximum atomic E-state index is 9.35. The Morgan fingerprint density at radius 1 is 0.944 bits per heavy atom. The first-order valence-electron chi connectivity index (χ1n) is 7.38. The summed E-state index contributed by atoms with van der Waals surface area (Å²) in [6, 6.07) is 0. The van der Waals surface area contributed by atoms with E-state index in [1.54, 1.807) is 0 Å². The van der Waals surface area contributed by atoms with Crippen LogP contribution in [0.25, 0.3) is 0 Å². The molecule has 0 fully saturated rings. The molecule has 0 aromatic heterocycles. The number of rotatable bonds is 6. The predicted molar refractivity (Wildman–Crippen MR) is 80.8 cm³/mol. The fourth-order valence-electron chi connectivity index (χ4n) is 2.16. The van der Waals surface area contributed by atoms with Crippen LogP contribution in [0, 0.1) is 5.41 Å². The van der Waals surface area contributed by atoms with Crippen LogP contribution in [0.3, 0.4) is 0 Å². The summed E-state index contributed by atoms with van der Waals surface area (Å²) in [4.78, 5) is 0. The molecule has 1 atom stereocenters. The first-order valence-corrected chi connectivity index (χ1v) is 7.38. The number of aliphatic hydroxyl groups is 2. The van der Waals surface area contributed by atoms with E-state index in [0.717, 1.165) is 12.8 Å². The summed E-state index contributed by atoms with van der Waals surface area (Å²) in [7, 11) is 0. The van der Waals surface area contributed by atoms with Gasteiger partial charge in [-0.3, -0.25) is 0 Å². The van der Waals surface area contributed by atoms with E-state index < -0.39 is 5.60 Å². The molecular formula is C16H36O2. The molecule has 0 radical (unpaired) electrons. The molecule has 2 nitrogen and oxygen atoms in total. The normalized spacial score (nSPS) is 13.8. The third-order valence-corrected chi connectivity index (χ3v) is 2.44. The molecule has 2 N–H and O–H groups in total. The average Bonchev–Trinajstić information content (AvgIpc) is 2.07. The highest BCUT2D eigenvalue weighted by Crippen LogP contribution is 2.26. The van der Waals surface area contributed by atoms with Crippen molar-refractivity contribution in [2.75, 3.05) is 0 Å². The Hall–Kier alpha value is -0.0800. The third kappa shape index (κ3) is 24.9. The highest BCUT2D eigenvalue weighted by atomic mass is 16.3. The average molecular weight is 260 g/mol. The van der Waals surface area contributed by atoms with Crippen LogP contribution in [0.15, 0.2) is 0 Å². The lowest BCUT2D eigenvalue weighted by atomic mass is 9.84. The molecule has 0 aromatic carbocycles. The van der Waals surface area contributed by atoms with Crippen molar-refractivity contribution < 1.29 is 10.2 Å². The van der Waals surface area contributed by atoms with Crippen LogP contribution in [0.4, 0.5) is 0 Å². The second-order valence-corrected chi connectivity index (χ2v) is 7.25. The Morgan fingerprint density at radius 2 is 1.44 bits per heavy atom. The van der Waals surface area contributed by atoms with Gasteiger partial charge < -0.3 is 10.2 Å². The Balaban J connectivity index is 0. The fourth-order valence-corrected chi connectivity index (χ4v) is 2.16. The highest BCUT2D eigenvalue weighted by molar-refractivity contribution is 4.74. The summed E-state index contributed by atoms with van der Waals surface area (Å²) >= 11 is 0. The molecule has 112 valence electrons. The van der Waals surface area contributed by atoms with Gasteiger partial charge in [-0.2, -0.15) is 0 Å². The molecule has 0 saturated heterocycles. The lowest BCUT2D eigenvalue weighted by Gasteiger charge is -2.27. The monoisotopic (exact) mass is 260 g/mol. The lowest BCUT2D eigenvalue weighted by Crippen LogP contribution is -2.25. The molecule has 2 heteroatoms. The summed E-state index contributed by atoms with van der Waals surface area (Å²) in [5.74, 6) is 0. The first-order chi connectivity index (χ1) is 7.98. The molecular weight excluding hydrogens is 224 g/mol. The minimum absolute atomic E-state index is 0.0955. The van der Waals surface area contributed by atoms with Gasteiger partial charge in [-0.1, -0.05) is 53.4 Å². The molecule has 0 saturated carbocycles. The van der Waals surface area contributed by atoms with Crippen LogP contribution in [-0.4, -0.2) is 21.9 Å². The van der Waals surface area contributed by atoms with Gasteiger partial charge in [0.25, 0.3) is 0 Å². The van der Waals surface area contributed by atoms with E-state index in [1.807, 2.05) is 20.8 Å². The van der Waals surface area contributed by atoms with Gasteiger partial charge >= 0.3 is 0 Å². The van der Waals surface area contributed by atoms with Gasteiger partial charge in [0, 0.05) is 0 Å². The third-order valence-electron chi connectivity index (χ3n) is 2.44. The molecule has 0 heterocycles. The van der Waals surface area contributed by atoms with Crippen molar-refractivity contribution in [3.63, 3.8) is 0 Å². The predicted octanol–water partition coefficient (Wildman–Crippen LogP) is 4.53. The van der Waals surface area contributed by atoms with Gasteiger partial charge in [-0.25, -0.2) is 0 Å². The molecule has 0 aromatic rings. The van der Waals surface area contributed by atoms with Crippen LogP contribution >= 0.6 is 0 Å². The minimum Gasteiger partial charge on any atom is -0.393 e. The molecule has 0 spiro atoms. The van der Waals surface area contributed by atoms with Crippen LogP contribution in [-0.2, 0) is 0 Å². The largest absolute Gasteiger partial charge is 0.393 e. The molecule has 0 rings (SSSR count). The van der Waals surface area contributed by atoms with Crippen LogP contribution in [0.1, 0.15) is 87.0 Å².